The zero-order valence-corrected chi connectivity index (χ0v) is 39.6. The summed E-state index contributed by atoms with van der Waals surface area (Å²) < 4.78 is 106. The number of aromatic nitrogens is 3. The van der Waals surface area contributed by atoms with Crippen molar-refractivity contribution in [2.45, 2.75) is 79.0 Å². The molecular formula is C55H47F6IrN3O-2. The molecule has 0 atom stereocenters. The van der Waals surface area contributed by atoms with Gasteiger partial charge in [-0.2, -0.15) is 26.3 Å². The Morgan fingerprint density at radius 2 is 1.35 bits per heavy atom. The predicted molar refractivity (Wildman–Crippen MR) is 248 cm³/mol. The third-order valence-electron chi connectivity index (χ3n) is 11.0. The van der Waals surface area contributed by atoms with Crippen molar-refractivity contribution in [3.63, 3.8) is 0 Å². The molecule has 3 heterocycles. The molecule has 0 aliphatic carbocycles. The second kappa shape index (κ2) is 18.7. The maximum atomic E-state index is 13.4. The first-order chi connectivity index (χ1) is 31.5. The number of para-hydroxylation sites is 3. The number of furan rings is 1. The average Bonchev–Trinajstić information content (AvgIpc) is 3.87. The quantitative estimate of drug-likeness (QED) is 0.118. The second-order valence-electron chi connectivity index (χ2n) is 17.6. The van der Waals surface area contributed by atoms with Crippen LogP contribution < -0.4 is 0 Å². The van der Waals surface area contributed by atoms with Crippen molar-refractivity contribution in [2.75, 3.05) is 0 Å². The summed E-state index contributed by atoms with van der Waals surface area (Å²) in [5, 5.41) is 1.24. The molecule has 9 aromatic rings. The molecule has 0 aliphatic heterocycles. The third-order valence-corrected chi connectivity index (χ3v) is 11.0. The fourth-order valence-electron chi connectivity index (χ4n) is 8.05. The summed E-state index contributed by atoms with van der Waals surface area (Å²) >= 11 is 0. The molecule has 0 saturated carbocycles. The number of rotatable bonds is 7. The van der Waals surface area contributed by atoms with E-state index < -0.39 is 35.3 Å². The fourth-order valence-corrected chi connectivity index (χ4v) is 8.05. The minimum atomic E-state index is -4.96. The summed E-state index contributed by atoms with van der Waals surface area (Å²) in [7, 11) is 0. The van der Waals surface area contributed by atoms with Gasteiger partial charge >= 0.3 is 12.4 Å². The zero-order chi connectivity index (χ0) is 48.2. The van der Waals surface area contributed by atoms with Crippen LogP contribution in [0.3, 0.4) is 0 Å². The van der Waals surface area contributed by atoms with Crippen LogP contribution in [0.15, 0.2) is 138 Å². The zero-order valence-electron chi connectivity index (χ0n) is 39.2. The molecule has 0 N–H and O–H groups in total. The van der Waals surface area contributed by atoms with Gasteiger partial charge in [0.25, 0.3) is 0 Å². The van der Waals surface area contributed by atoms with Crippen LogP contribution >= 0.6 is 0 Å². The second-order valence-corrected chi connectivity index (χ2v) is 17.6. The molecule has 0 unspecified atom stereocenters. The Balaban J connectivity index is 0.000000213. The first-order valence-corrected chi connectivity index (χ1v) is 21.3. The summed E-state index contributed by atoms with van der Waals surface area (Å²) in [6, 6.07) is 42.1. The maximum absolute atomic E-state index is 13.4. The van der Waals surface area contributed by atoms with E-state index in [0.29, 0.717) is 57.1 Å². The number of alkyl halides is 6. The van der Waals surface area contributed by atoms with Gasteiger partial charge in [0, 0.05) is 40.1 Å². The van der Waals surface area contributed by atoms with E-state index in [4.69, 9.17) is 12.1 Å². The molecule has 0 saturated heterocycles. The van der Waals surface area contributed by atoms with Gasteiger partial charge in [-0.15, -0.1) is 54.1 Å². The van der Waals surface area contributed by atoms with E-state index in [1.807, 2.05) is 18.2 Å². The molecule has 0 amide bonds. The number of nitrogens with zero attached hydrogens (tertiary/aromatic N) is 3. The van der Waals surface area contributed by atoms with Gasteiger partial charge in [0.05, 0.1) is 33.6 Å². The van der Waals surface area contributed by atoms with Crippen molar-refractivity contribution in [3.05, 3.63) is 174 Å². The number of benzene rings is 6. The molecule has 9 rings (SSSR count). The van der Waals surface area contributed by atoms with Gasteiger partial charge in [-0.05, 0) is 94.0 Å². The molecule has 341 valence electrons. The van der Waals surface area contributed by atoms with Gasteiger partial charge in [-0.25, -0.2) is 0 Å². The van der Waals surface area contributed by atoms with E-state index in [1.165, 1.54) is 35.1 Å². The predicted octanol–water partition coefficient (Wildman–Crippen LogP) is 16.5. The summed E-state index contributed by atoms with van der Waals surface area (Å²) in [5.74, 6) is 1.80. The molecule has 0 bridgehead atoms. The van der Waals surface area contributed by atoms with E-state index in [-0.39, 0.29) is 42.9 Å². The van der Waals surface area contributed by atoms with Gasteiger partial charge < -0.3 is 14.0 Å². The summed E-state index contributed by atoms with van der Waals surface area (Å²) in [6.07, 6.45) is -10.1. The largest absolute Gasteiger partial charge is 0.501 e. The van der Waals surface area contributed by atoms with E-state index in [0.717, 1.165) is 22.4 Å². The Kier molecular flexibility index (Phi) is 12.8. The van der Waals surface area contributed by atoms with Crippen LogP contribution in [0.25, 0.3) is 72.4 Å². The van der Waals surface area contributed by atoms with Crippen LogP contribution in [0.1, 0.15) is 90.9 Å². The number of imidazole rings is 1. The summed E-state index contributed by atoms with van der Waals surface area (Å²) in [4.78, 5) is 9.38. The molecule has 1 radical (unpaired) electrons. The minimum Gasteiger partial charge on any atom is -0.501 e. The number of fused-ring (bicyclic) bond motifs is 4. The van der Waals surface area contributed by atoms with Crippen LogP contribution in [-0.2, 0) is 38.8 Å². The summed E-state index contributed by atoms with van der Waals surface area (Å²) in [5.41, 5.74) is 5.36. The Labute approximate surface area is 396 Å². The van der Waals surface area contributed by atoms with E-state index in [2.05, 4.69) is 97.9 Å². The van der Waals surface area contributed by atoms with Crippen molar-refractivity contribution in [1.82, 2.24) is 14.5 Å². The first-order valence-electron chi connectivity index (χ1n) is 22.3. The Morgan fingerprint density at radius 1 is 0.682 bits per heavy atom. The molecule has 4 nitrogen and oxygen atoms in total. The van der Waals surface area contributed by atoms with Crippen LogP contribution in [0.5, 0.6) is 0 Å². The molecule has 0 aliphatic rings. The minimum absolute atomic E-state index is 0. The molecule has 0 spiro atoms. The smallest absolute Gasteiger partial charge is 0.416 e. The van der Waals surface area contributed by atoms with E-state index >= 15 is 0 Å². The van der Waals surface area contributed by atoms with Gasteiger partial charge in [-0.1, -0.05) is 114 Å². The topological polar surface area (TPSA) is 43.9 Å². The molecule has 6 aromatic carbocycles. The fraction of sp³-hybridized carbons (Fsp3) is 0.236. The average molecular weight is 1070 g/mol. The third kappa shape index (κ3) is 10.0. The molecular weight excluding hydrogens is 1020 g/mol. The SMILES string of the molecule is CC(C)c1cccc(C(C)C)c1-n1c(-c2[c-]cccc2)nc2ccccc21.[2H]C([2H])(c1ccnc(-c2[c-]ccc3c2oc2cc(-c4cc(C(F)(F)F)cc(C(F)(F)F)c4)ccc23)c1)C(C)(C)C.[Ir]. The van der Waals surface area contributed by atoms with E-state index in [9.17, 15) is 26.3 Å². The van der Waals surface area contributed by atoms with Gasteiger partial charge in [-0.3, -0.25) is 4.98 Å². The van der Waals surface area contributed by atoms with E-state index in [1.54, 1.807) is 51.1 Å². The Bertz CT molecular complexity index is 3200. The normalized spacial score (nSPS) is 12.9. The summed E-state index contributed by atoms with van der Waals surface area (Å²) in [6.45, 7) is 14.4. The Hall–Kier alpha value is -6.03. The van der Waals surface area contributed by atoms with Crippen molar-refractivity contribution in [1.29, 1.82) is 0 Å². The van der Waals surface area contributed by atoms with Crippen molar-refractivity contribution in [3.8, 4) is 39.5 Å². The molecule has 66 heavy (non-hydrogen) atoms. The van der Waals surface area contributed by atoms with Crippen molar-refractivity contribution < 1.29 is 53.6 Å². The molecule has 3 aromatic heterocycles. The maximum Gasteiger partial charge on any atom is 0.416 e. The van der Waals surface area contributed by atoms with Gasteiger partial charge in [0.2, 0.25) is 0 Å². The van der Waals surface area contributed by atoms with Crippen LogP contribution in [0.2, 0.25) is 0 Å². The van der Waals surface area contributed by atoms with Crippen molar-refractivity contribution >= 4 is 33.0 Å². The molecule has 0 fully saturated rings. The standard InChI is InChI=1S/C30H22F6NO.C25H25N2.Ir/c1-28(2,3)16-17-9-10-37-25(11-17)24-6-4-5-23-22-8-7-18(14-26(22)38-27(23)24)19-12-20(29(31,32)33)15-21(13-19)30(34,35)36;1-17(2)20-13-10-14-21(18(3)4)24(20)27-23-16-9-8-15-22(23)26-25(27)19-11-6-5-7-12-19;/h4-5,7-15H,16H2,1-3H3;5-11,13-18H,1-4H3;/q2*-1;/i16D2;;. The monoisotopic (exact) mass is 1070 g/mol. The number of hydrogen-bond donors (Lipinski definition) is 0. The number of hydrogen-bond acceptors (Lipinski definition) is 3. The van der Waals surface area contributed by atoms with Crippen LogP contribution in [-0.4, -0.2) is 14.5 Å². The van der Waals surface area contributed by atoms with Gasteiger partial charge in [0.1, 0.15) is 5.58 Å². The van der Waals surface area contributed by atoms with Crippen LogP contribution in [0, 0.1) is 17.5 Å². The number of pyridine rings is 1. The number of halogens is 6. The first kappa shape index (κ1) is 45.1. The van der Waals surface area contributed by atoms with Crippen LogP contribution in [0.4, 0.5) is 26.3 Å². The Morgan fingerprint density at radius 3 is 1.97 bits per heavy atom. The van der Waals surface area contributed by atoms with Gasteiger partial charge in [0.15, 0.2) is 0 Å². The van der Waals surface area contributed by atoms with Crippen molar-refractivity contribution in [2.24, 2.45) is 5.41 Å². The molecule has 11 heteroatoms.